The van der Waals surface area contributed by atoms with Crippen molar-refractivity contribution >= 4 is 11.0 Å². The molecule has 0 spiro atoms. The van der Waals surface area contributed by atoms with E-state index in [1.165, 1.54) is 11.1 Å². The first-order valence-electron chi connectivity index (χ1n) is 10.8. The number of aliphatic hydroxyl groups is 1. The Labute approximate surface area is 199 Å². The number of nitrogens with zero attached hydrogens (tertiary/aromatic N) is 2. The molecule has 1 heterocycles. The van der Waals surface area contributed by atoms with E-state index in [0.29, 0.717) is 5.75 Å². The van der Waals surface area contributed by atoms with E-state index in [1.54, 1.807) is 23.2 Å². The van der Waals surface area contributed by atoms with E-state index in [9.17, 15) is 9.90 Å². The van der Waals surface area contributed by atoms with Crippen LogP contribution in [-0.2, 0) is 27.1 Å². The summed E-state index contributed by atoms with van der Waals surface area (Å²) in [6.45, 7) is 1.86. The molecule has 4 rings (SSSR count). The standard InChI is InChI=1S/C26H29N3O3.ClH/c1-28-23-13-10-21(16-24(23)29(2)26(28)31)25(30)18-32-22-11-8-20(9-12-22)17-27-15-14-19-6-4-3-5-7-19;/h3-13,16,25,27,30H,14-15,17-18H2,1-2H3;1H/p-1. The lowest BCUT2D eigenvalue weighted by molar-refractivity contribution is -0.00000821. The Balaban J connectivity index is 0.00000306. The van der Waals surface area contributed by atoms with E-state index in [2.05, 4.69) is 29.6 Å². The third-order valence-electron chi connectivity index (χ3n) is 5.77. The Hall–Kier alpha value is -3.06. The number of rotatable bonds is 9. The lowest BCUT2D eigenvalue weighted by Gasteiger charge is -2.14. The lowest BCUT2D eigenvalue weighted by atomic mass is 10.1. The summed E-state index contributed by atoms with van der Waals surface area (Å²) in [5.74, 6) is 0.713. The van der Waals surface area contributed by atoms with Crippen LogP contribution in [0.4, 0.5) is 0 Å². The van der Waals surface area contributed by atoms with Crippen molar-refractivity contribution in [1.82, 2.24) is 14.5 Å². The normalized spacial score (nSPS) is 11.8. The monoisotopic (exact) mass is 466 g/mol. The molecule has 7 heteroatoms. The molecule has 33 heavy (non-hydrogen) atoms. The molecule has 0 bridgehead atoms. The highest BCUT2D eigenvalue weighted by atomic mass is 35.5. The van der Waals surface area contributed by atoms with Crippen molar-refractivity contribution in [2.24, 2.45) is 14.1 Å². The van der Waals surface area contributed by atoms with Gasteiger partial charge >= 0.3 is 5.69 Å². The number of halogens is 1. The van der Waals surface area contributed by atoms with Crippen LogP contribution >= 0.6 is 0 Å². The summed E-state index contributed by atoms with van der Waals surface area (Å²) in [7, 11) is 3.47. The zero-order chi connectivity index (χ0) is 22.5. The molecule has 0 amide bonds. The average Bonchev–Trinajstić information content (AvgIpc) is 3.05. The van der Waals surface area contributed by atoms with Crippen molar-refractivity contribution in [3.05, 3.63) is 100.0 Å². The van der Waals surface area contributed by atoms with Crippen molar-refractivity contribution in [3.8, 4) is 5.75 Å². The summed E-state index contributed by atoms with van der Waals surface area (Å²) >= 11 is 0. The lowest BCUT2D eigenvalue weighted by Crippen LogP contribution is -3.00. The van der Waals surface area contributed by atoms with Crippen LogP contribution in [0.5, 0.6) is 5.75 Å². The largest absolute Gasteiger partial charge is 1.00 e. The smallest absolute Gasteiger partial charge is 0.328 e. The SMILES string of the molecule is Cn1c(=O)n(C)c2cc(C(O)COc3ccc(CNCCc4ccccc4)cc3)ccc21.[Cl-]. The van der Waals surface area contributed by atoms with Gasteiger partial charge in [0.15, 0.2) is 0 Å². The Morgan fingerprint density at radius 3 is 2.33 bits per heavy atom. The molecular formula is C26H29ClN3O3-. The van der Waals surface area contributed by atoms with Crippen molar-refractivity contribution < 1.29 is 22.3 Å². The summed E-state index contributed by atoms with van der Waals surface area (Å²) in [6, 6.07) is 23.9. The van der Waals surface area contributed by atoms with Crippen molar-refractivity contribution in [3.63, 3.8) is 0 Å². The fourth-order valence-corrected chi connectivity index (χ4v) is 3.82. The summed E-state index contributed by atoms with van der Waals surface area (Å²) in [5.41, 5.74) is 4.77. The van der Waals surface area contributed by atoms with Crippen LogP contribution < -0.4 is 28.2 Å². The van der Waals surface area contributed by atoms with Gasteiger partial charge in [0.25, 0.3) is 0 Å². The molecule has 0 saturated heterocycles. The third kappa shape index (κ3) is 5.85. The number of hydrogen-bond acceptors (Lipinski definition) is 4. The molecule has 0 radical (unpaired) electrons. The highest BCUT2D eigenvalue weighted by Gasteiger charge is 2.13. The molecule has 3 aromatic carbocycles. The van der Waals surface area contributed by atoms with Gasteiger partial charge in [0.05, 0.1) is 11.0 Å². The van der Waals surface area contributed by atoms with Gasteiger partial charge in [0.1, 0.15) is 18.5 Å². The first kappa shape index (κ1) is 24.6. The molecule has 1 atom stereocenters. The second-order valence-corrected chi connectivity index (χ2v) is 8.03. The highest BCUT2D eigenvalue weighted by Crippen LogP contribution is 2.21. The number of ether oxygens (including phenoxy) is 1. The van der Waals surface area contributed by atoms with Crippen molar-refractivity contribution in [2.45, 2.75) is 19.1 Å². The minimum Gasteiger partial charge on any atom is -1.00 e. The van der Waals surface area contributed by atoms with E-state index in [1.807, 2.05) is 48.5 Å². The first-order chi connectivity index (χ1) is 15.5. The molecule has 1 aromatic heterocycles. The number of aliphatic hydroxyl groups excluding tert-OH is 1. The summed E-state index contributed by atoms with van der Waals surface area (Å²) in [6.07, 6.45) is 0.220. The highest BCUT2D eigenvalue weighted by molar-refractivity contribution is 5.77. The van der Waals surface area contributed by atoms with E-state index in [0.717, 1.165) is 36.1 Å². The quantitative estimate of drug-likeness (QED) is 0.349. The van der Waals surface area contributed by atoms with Crippen molar-refractivity contribution in [1.29, 1.82) is 0 Å². The molecule has 0 aliphatic rings. The average molecular weight is 467 g/mol. The molecule has 0 aliphatic heterocycles. The number of aromatic nitrogens is 2. The Bertz CT molecular complexity index is 1230. The Kier molecular flexibility index (Phi) is 8.33. The van der Waals surface area contributed by atoms with Crippen LogP contribution in [0.15, 0.2) is 77.6 Å². The zero-order valence-corrected chi connectivity index (χ0v) is 19.6. The van der Waals surface area contributed by atoms with E-state index < -0.39 is 6.10 Å². The molecule has 174 valence electrons. The van der Waals surface area contributed by atoms with Gasteiger partial charge < -0.3 is 27.6 Å². The number of aryl methyl sites for hydroxylation is 2. The van der Waals surface area contributed by atoms with Gasteiger partial charge in [0, 0.05) is 20.6 Å². The number of hydrogen-bond donors (Lipinski definition) is 2. The minimum absolute atomic E-state index is 0. The van der Waals surface area contributed by atoms with Crippen LogP contribution in [0.3, 0.4) is 0 Å². The maximum atomic E-state index is 12.1. The number of benzene rings is 3. The van der Waals surface area contributed by atoms with Gasteiger partial charge in [-0.15, -0.1) is 0 Å². The Morgan fingerprint density at radius 1 is 0.909 bits per heavy atom. The van der Waals surface area contributed by atoms with Gasteiger partial charge in [-0.25, -0.2) is 4.79 Å². The summed E-state index contributed by atoms with van der Waals surface area (Å²) < 4.78 is 8.97. The fourth-order valence-electron chi connectivity index (χ4n) is 3.82. The predicted octanol–water partition coefficient (Wildman–Crippen LogP) is 0.326. The topological polar surface area (TPSA) is 68.4 Å². The van der Waals surface area contributed by atoms with Crippen molar-refractivity contribution in [2.75, 3.05) is 13.2 Å². The molecule has 4 aromatic rings. The maximum absolute atomic E-state index is 12.1. The molecule has 0 saturated carbocycles. The minimum atomic E-state index is -0.783. The fraction of sp³-hybridized carbons (Fsp3) is 0.269. The molecular weight excluding hydrogens is 438 g/mol. The van der Waals surface area contributed by atoms with Gasteiger partial charge in [-0.2, -0.15) is 0 Å². The van der Waals surface area contributed by atoms with E-state index in [4.69, 9.17) is 4.74 Å². The van der Waals surface area contributed by atoms with Crippen LogP contribution in [0.2, 0.25) is 0 Å². The summed E-state index contributed by atoms with van der Waals surface area (Å²) in [4.78, 5) is 12.1. The second-order valence-electron chi connectivity index (χ2n) is 8.03. The number of nitrogens with one attached hydrogen (secondary N) is 1. The van der Waals surface area contributed by atoms with Crippen LogP contribution in [0.25, 0.3) is 11.0 Å². The van der Waals surface area contributed by atoms with Gasteiger partial charge in [-0.05, 0) is 53.9 Å². The number of imidazole rings is 1. The van der Waals surface area contributed by atoms with E-state index in [-0.39, 0.29) is 24.7 Å². The summed E-state index contributed by atoms with van der Waals surface area (Å²) in [5, 5.41) is 14.0. The molecule has 0 fully saturated rings. The maximum Gasteiger partial charge on any atom is 0.328 e. The first-order valence-corrected chi connectivity index (χ1v) is 10.8. The zero-order valence-electron chi connectivity index (χ0n) is 18.9. The molecule has 6 nitrogen and oxygen atoms in total. The Morgan fingerprint density at radius 2 is 1.61 bits per heavy atom. The van der Waals surface area contributed by atoms with Crippen LogP contribution in [0.1, 0.15) is 22.8 Å². The molecule has 2 N–H and O–H groups in total. The van der Waals surface area contributed by atoms with Crippen LogP contribution in [-0.4, -0.2) is 27.4 Å². The predicted molar refractivity (Wildman–Crippen MR) is 127 cm³/mol. The molecule has 1 unspecified atom stereocenters. The second kappa shape index (κ2) is 11.2. The van der Waals surface area contributed by atoms with Crippen LogP contribution in [0, 0.1) is 0 Å². The molecule has 0 aliphatic carbocycles. The van der Waals surface area contributed by atoms with Gasteiger partial charge in [-0.1, -0.05) is 48.5 Å². The third-order valence-corrected chi connectivity index (χ3v) is 5.77. The van der Waals surface area contributed by atoms with E-state index >= 15 is 0 Å². The van der Waals surface area contributed by atoms with Gasteiger partial charge in [0.2, 0.25) is 0 Å². The number of fused-ring (bicyclic) bond motifs is 1. The van der Waals surface area contributed by atoms with Gasteiger partial charge in [-0.3, -0.25) is 9.13 Å².